The van der Waals surface area contributed by atoms with Crippen LogP contribution in [-0.4, -0.2) is 49.5 Å². The minimum atomic E-state index is -0.959. The van der Waals surface area contributed by atoms with Gasteiger partial charge in [0.25, 0.3) is 0 Å². The monoisotopic (exact) mass is 294 g/mol. The lowest BCUT2D eigenvalue weighted by Gasteiger charge is -2.20. The van der Waals surface area contributed by atoms with Crippen LogP contribution in [-0.2, 0) is 22.3 Å². The topological polar surface area (TPSA) is 80.7 Å². The van der Waals surface area contributed by atoms with Crippen molar-refractivity contribution in [3.63, 3.8) is 0 Å². The zero-order valence-electron chi connectivity index (χ0n) is 12.5. The van der Waals surface area contributed by atoms with E-state index in [4.69, 9.17) is 9.47 Å². The van der Waals surface area contributed by atoms with Gasteiger partial charge >= 0.3 is 5.97 Å². The van der Waals surface area contributed by atoms with Gasteiger partial charge in [-0.1, -0.05) is 0 Å². The Kier molecular flexibility index (Phi) is 5.52. The first-order chi connectivity index (χ1) is 10.2. The molecular formula is C15H22N2O4. The Labute approximate surface area is 124 Å². The molecule has 21 heavy (non-hydrogen) atoms. The van der Waals surface area contributed by atoms with Crippen molar-refractivity contribution in [2.24, 2.45) is 0 Å². The predicted octanol–water partition coefficient (Wildman–Crippen LogP) is 1.73. The first kappa shape index (κ1) is 15.7. The number of carbonyl (C=O) groups is 1. The molecule has 2 N–H and O–H groups in total. The van der Waals surface area contributed by atoms with Crippen LogP contribution in [0.15, 0.2) is 6.07 Å². The summed E-state index contributed by atoms with van der Waals surface area (Å²) >= 11 is 0. The van der Waals surface area contributed by atoms with Gasteiger partial charge in [0.05, 0.1) is 12.7 Å². The lowest BCUT2D eigenvalue weighted by atomic mass is 9.94. The number of aromatic carboxylic acids is 1. The normalized spacial score (nSPS) is 15.3. The number of nitrogens with zero attached hydrogens (tertiary/aromatic N) is 1. The molecule has 6 nitrogen and oxygen atoms in total. The Hall–Kier alpha value is -1.66. The van der Waals surface area contributed by atoms with Crippen LogP contribution in [0.4, 0.5) is 5.82 Å². The van der Waals surface area contributed by atoms with Gasteiger partial charge in [-0.15, -0.1) is 0 Å². The van der Waals surface area contributed by atoms with E-state index in [-0.39, 0.29) is 11.7 Å². The number of methoxy groups -OCH3 is 2. The fourth-order valence-electron chi connectivity index (χ4n) is 2.54. The van der Waals surface area contributed by atoms with Gasteiger partial charge in [0.2, 0.25) is 0 Å². The van der Waals surface area contributed by atoms with Crippen LogP contribution in [0.1, 0.15) is 34.5 Å². The molecule has 0 saturated carbocycles. The number of aryl methyl sites for hydroxylation is 2. The molecule has 0 fully saturated rings. The van der Waals surface area contributed by atoms with Crippen molar-refractivity contribution in [1.82, 2.24) is 4.98 Å². The van der Waals surface area contributed by atoms with Crippen molar-refractivity contribution in [3.8, 4) is 0 Å². The fourth-order valence-corrected chi connectivity index (χ4v) is 2.54. The van der Waals surface area contributed by atoms with Crippen molar-refractivity contribution in [1.29, 1.82) is 0 Å². The Morgan fingerprint density at radius 1 is 1.43 bits per heavy atom. The van der Waals surface area contributed by atoms with Crippen molar-refractivity contribution in [2.75, 3.05) is 32.7 Å². The van der Waals surface area contributed by atoms with E-state index < -0.39 is 5.97 Å². The third-order valence-electron chi connectivity index (χ3n) is 3.71. The van der Waals surface area contributed by atoms with E-state index in [1.54, 1.807) is 20.3 Å². The number of anilines is 1. The molecule has 0 spiro atoms. The number of hydrogen-bond acceptors (Lipinski definition) is 5. The number of aromatic nitrogens is 1. The zero-order valence-corrected chi connectivity index (χ0v) is 12.5. The second kappa shape index (κ2) is 7.38. The molecule has 2 rings (SSSR count). The molecule has 0 aliphatic heterocycles. The predicted molar refractivity (Wildman–Crippen MR) is 79.0 cm³/mol. The molecule has 116 valence electrons. The molecule has 1 unspecified atom stereocenters. The standard InChI is InChI=1S/C15H22N2O4/c1-20-9-11(21-2)8-16-14-12(15(18)19)7-10-5-3-4-6-13(10)17-14/h7,11H,3-6,8-9H2,1-2H3,(H,16,17)(H,18,19). The highest BCUT2D eigenvalue weighted by Crippen LogP contribution is 2.24. The van der Waals surface area contributed by atoms with E-state index in [9.17, 15) is 9.90 Å². The average molecular weight is 294 g/mol. The maximum absolute atomic E-state index is 11.4. The summed E-state index contributed by atoms with van der Waals surface area (Å²) in [7, 11) is 3.20. The average Bonchev–Trinajstić information content (AvgIpc) is 2.50. The first-order valence-electron chi connectivity index (χ1n) is 7.17. The molecule has 0 saturated heterocycles. The Morgan fingerprint density at radius 2 is 2.19 bits per heavy atom. The van der Waals surface area contributed by atoms with Gasteiger partial charge in [0, 0.05) is 26.5 Å². The minimum absolute atomic E-state index is 0.144. The summed E-state index contributed by atoms with van der Waals surface area (Å²) in [4.78, 5) is 15.9. The number of nitrogens with one attached hydrogen (secondary N) is 1. The van der Waals surface area contributed by atoms with Crippen LogP contribution in [0, 0.1) is 0 Å². The largest absolute Gasteiger partial charge is 0.478 e. The number of carboxylic acid groups (broad SMARTS) is 1. The Balaban J connectivity index is 2.18. The highest BCUT2D eigenvalue weighted by atomic mass is 16.5. The van der Waals surface area contributed by atoms with Crippen LogP contribution >= 0.6 is 0 Å². The molecule has 1 atom stereocenters. The SMILES string of the molecule is COCC(CNc1nc2c(cc1C(=O)O)CCCC2)OC. The lowest BCUT2D eigenvalue weighted by Crippen LogP contribution is -2.28. The van der Waals surface area contributed by atoms with Crippen molar-refractivity contribution in [2.45, 2.75) is 31.8 Å². The van der Waals surface area contributed by atoms with Crippen LogP contribution < -0.4 is 5.32 Å². The molecule has 1 aliphatic rings. The second-order valence-electron chi connectivity index (χ2n) is 5.20. The van der Waals surface area contributed by atoms with Gasteiger partial charge in [-0.2, -0.15) is 0 Å². The summed E-state index contributed by atoms with van der Waals surface area (Å²) in [5.74, 6) is -0.541. The highest BCUT2D eigenvalue weighted by molar-refractivity contribution is 5.93. The molecule has 1 aromatic rings. The summed E-state index contributed by atoms with van der Waals surface area (Å²) in [6, 6.07) is 1.75. The number of carboxylic acids is 1. The molecule has 0 bridgehead atoms. The number of pyridine rings is 1. The van der Waals surface area contributed by atoms with Crippen molar-refractivity contribution < 1.29 is 19.4 Å². The molecule has 1 aromatic heterocycles. The highest BCUT2D eigenvalue weighted by Gasteiger charge is 2.19. The molecule has 6 heteroatoms. The Morgan fingerprint density at radius 3 is 2.86 bits per heavy atom. The summed E-state index contributed by atoms with van der Waals surface area (Å²) in [5, 5.41) is 12.4. The number of ether oxygens (including phenoxy) is 2. The van der Waals surface area contributed by atoms with Crippen molar-refractivity contribution >= 4 is 11.8 Å². The van der Waals surface area contributed by atoms with Crippen LogP contribution in [0.3, 0.4) is 0 Å². The van der Waals surface area contributed by atoms with Gasteiger partial charge in [0.1, 0.15) is 11.4 Å². The van der Waals surface area contributed by atoms with E-state index in [1.165, 1.54) is 0 Å². The summed E-state index contributed by atoms with van der Waals surface area (Å²) in [5.41, 5.74) is 2.29. The maximum atomic E-state index is 11.4. The van der Waals surface area contributed by atoms with E-state index >= 15 is 0 Å². The molecule has 0 radical (unpaired) electrons. The molecular weight excluding hydrogens is 272 g/mol. The minimum Gasteiger partial charge on any atom is -0.478 e. The van der Waals surface area contributed by atoms with Gasteiger partial charge in [0.15, 0.2) is 0 Å². The van der Waals surface area contributed by atoms with Gasteiger partial charge in [-0.05, 0) is 37.3 Å². The second-order valence-corrected chi connectivity index (χ2v) is 5.20. The number of fused-ring (bicyclic) bond motifs is 1. The summed E-state index contributed by atoms with van der Waals surface area (Å²) in [6.07, 6.45) is 3.88. The Bertz CT molecular complexity index is 505. The molecule has 1 heterocycles. The third-order valence-corrected chi connectivity index (χ3v) is 3.71. The molecule has 0 amide bonds. The third kappa shape index (κ3) is 3.92. The van der Waals surface area contributed by atoms with Crippen LogP contribution in [0.25, 0.3) is 0 Å². The van der Waals surface area contributed by atoms with Gasteiger partial charge in [-0.25, -0.2) is 9.78 Å². The fraction of sp³-hybridized carbons (Fsp3) is 0.600. The molecule has 1 aliphatic carbocycles. The quantitative estimate of drug-likeness (QED) is 0.797. The van der Waals surface area contributed by atoms with Gasteiger partial charge in [-0.3, -0.25) is 0 Å². The smallest absolute Gasteiger partial charge is 0.339 e. The lowest BCUT2D eigenvalue weighted by molar-refractivity contribution is 0.0365. The van der Waals surface area contributed by atoms with E-state index in [1.807, 2.05) is 0 Å². The van der Waals surface area contributed by atoms with Crippen molar-refractivity contribution in [3.05, 3.63) is 22.9 Å². The maximum Gasteiger partial charge on any atom is 0.339 e. The summed E-state index contributed by atoms with van der Waals surface area (Å²) < 4.78 is 10.3. The van der Waals surface area contributed by atoms with Gasteiger partial charge < -0.3 is 19.9 Å². The van der Waals surface area contributed by atoms with E-state index in [2.05, 4.69) is 10.3 Å². The van der Waals surface area contributed by atoms with E-state index in [0.29, 0.717) is 19.0 Å². The number of hydrogen-bond donors (Lipinski definition) is 2. The first-order valence-corrected chi connectivity index (χ1v) is 7.17. The van der Waals surface area contributed by atoms with Crippen LogP contribution in [0.2, 0.25) is 0 Å². The molecule has 0 aromatic carbocycles. The zero-order chi connectivity index (χ0) is 15.2. The van der Waals surface area contributed by atoms with E-state index in [0.717, 1.165) is 36.9 Å². The number of rotatable bonds is 7. The summed E-state index contributed by atoms with van der Waals surface area (Å²) in [6.45, 7) is 0.896. The van der Waals surface area contributed by atoms with Crippen LogP contribution in [0.5, 0.6) is 0 Å².